The van der Waals surface area contributed by atoms with Crippen LogP contribution in [0.5, 0.6) is 5.75 Å². The minimum absolute atomic E-state index is 0.281. The average Bonchev–Trinajstić information content (AvgIpc) is 2.97. The highest BCUT2D eigenvalue weighted by Crippen LogP contribution is 2.31. The Kier molecular flexibility index (Phi) is 3.45. The van der Waals surface area contributed by atoms with Crippen molar-refractivity contribution in [3.05, 3.63) is 41.6 Å². The Morgan fingerprint density at radius 2 is 2.14 bits per heavy atom. The van der Waals surface area contributed by atoms with Crippen molar-refractivity contribution in [2.24, 2.45) is 0 Å². The van der Waals surface area contributed by atoms with Crippen LogP contribution in [0.3, 0.4) is 0 Å². The molecular formula is C14H11ClN4O2. The molecule has 0 aliphatic rings. The predicted molar refractivity (Wildman–Crippen MR) is 78.9 cm³/mol. The van der Waals surface area contributed by atoms with E-state index in [1.165, 1.54) is 0 Å². The summed E-state index contributed by atoms with van der Waals surface area (Å²) in [5.41, 5.74) is 7.49. The molecule has 0 fully saturated rings. The summed E-state index contributed by atoms with van der Waals surface area (Å²) >= 11 is 6.06. The molecule has 0 unspecified atom stereocenters. The molecule has 0 aliphatic carbocycles. The summed E-state index contributed by atoms with van der Waals surface area (Å²) in [4.78, 5) is 8.43. The molecule has 2 heterocycles. The number of rotatable bonds is 3. The molecular weight excluding hydrogens is 292 g/mol. The van der Waals surface area contributed by atoms with Gasteiger partial charge < -0.3 is 15.0 Å². The Bertz CT molecular complexity index is 788. The largest absolute Gasteiger partial charge is 0.497 e. The minimum Gasteiger partial charge on any atom is -0.497 e. The van der Waals surface area contributed by atoms with Gasteiger partial charge in [-0.2, -0.15) is 4.98 Å². The zero-order valence-electron chi connectivity index (χ0n) is 11.1. The summed E-state index contributed by atoms with van der Waals surface area (Å²) < 4.78 is 10.4. The maximum atomic E-state index is 6.06. The molecule has 2 aromatic heterocycles. The van der Waals surface area contributed by atoms with Crippen LogP contribution in [0.4, 0.5) is 5.69 Å². The first-order valence-electron chi connectivity index (χ1n) is 6.07. The van der Waals surface area contributed by atoms with Gasteiger partial charge in [0.25, 0.3) is 5.89 Å². The van der Waals surface area contributed by atoms with E-state index < -0.39 is 0 Å². The first kappa shape index (κ1) is 13.4. The van der Waals surface area contributed by atoms with Gasteiger partial charge in [-0.3, -0.25) is 4.98 Å². The zero-order chi connectivity index (χ0) is 14.8. The lowest BCUT2D eigenvalue weighted by atomic mass is 10.1. The number of nitrogens with zero attached hydrogens (tertiary/aromatic N) is 3. The molecule has 7 heteroatoms. The van der Waals surface area contributed by atoms with E-state index in [4.69, 9.17) is 26.6 Å². The summed E-state index contributed by atoms with van der Waals surface area (Å²) in [6.45, 7) is 0. The van der Waals surface area contributed by atoms with Gasteiger partial charge in [0.1, 0.15) is 11.4 Å². The molecule has 0 spiro atoms. The summed E-state index contributed by atoms with van der Waals surface area (Å²) in [7, 11) is 1.57. The van der Waals surface area contributed by atoms with Gasteiger partial charge in [0, 0.05) is 11.9 Å². The second-order valence-corrected chi connectivity index (χ2v) is 4.62. The highest BCUT2D eigenvalue weighted by atomic mass is 35.5. The van der Waals surface area contributed by atoms with Crippen molar-refractivity contribution >= 4 is 17.3 Å². The Balaban J connectivity index is 2.05. The lowest BCUT2D eigenvalue weighted by Gasteiger charge is -2.03. The van der Waals surface area contributed by atoms with Crippen LogP contribution in [-0.2, 0) is 0 Å². The number of benzene rings is 1. The minimum atomic E-state index is 0.281. The molecule has 3 aromatic rings. The van der Waals surface area contributed by atoms with Crippen LogP contribution in [0.1, 0.15) is 0 Å². The van der Waals surface area contributed by atoms with Gasteiger partial charge in [0.15, 0.2) is 0 Å². The van der Waals surface area contributed by atoms with Crippen LogP contribution in [0.25, 0.3) is 23.0 Å². The number of halogens is 1. The Morgan fingerprint density at radius 3 is 2.90 bits per heavy atom. The molecule has 0 saturated heterocycles. The molecule has 0 radical (unpaired) electrons. The van der Waals surface area contributed by atoms with Gasteiger partial charge >= 0.3 is 0 Å². The maximum absolute atomic E-state index is 6.06. The molecule has 0 saturated carbocycles. The SMILES string of the molecule is COc1ccc(N)c(-c2nc(-c3ncccc3Cl)no2)c1. The van der Waals surface area contributed by atoms with Gasteiger partial charge in [0.05, 0.1) is 17.7 Å². The fourth-order valence-electron chi connectivity index (χ4n) is 1.83. The van der Waals surface area contributed by atoms with Crippen molar-refractivity contribution in [2.45, 2.75) is 0 Å². The average molecular weight is 303 g/mol. The lowest BCUT2D eigenvalue weighted by Crippen LogP contribution is -1.92. The molecule has 1 aromatic carbocycles. The van der Waals surface area contributed by atoms with Crippen molar-refractivity contribution in [1.82, 2.24) is 15.1 Å². The van der Waals surface area contributed by atoms with Crippen LogP contribution in [0.15, 0.2) is 41.1 Å². The summed E-state index contributed by atoms with van der Waals surface area (Å²) in [5, 5.41) is 4.34. The zero-order valence-corrected chi connectivity index (χ0v) is 11.8. The Morgan fingerprint density at radius 1 is 1.29 bits per heavy atom. The molecule has 0 amide bonds. The third-order valence-electron chi connectivity index (χ3n) is 2.89. The molecule has 2 N–H and O–H groups in total. The molecule has 0 bridgehead atoms. The highest BCUT2D eigenvalue weighted by molar-refractivity contribution is 6.32. The van der Waals surface area contributed by atoms with Crippen molar-refractivity contribution in [1.29, 1.82) is 0 Å². The number of aromatic nitrogens is 3. The van der Waals surface area contributed by atoms with E-state index >= 15 is 0 Å². The van der Waals surface area contributed by atoms with Crippen LogP contribution in [-0.4, -0.2) is 22.2 Å². The fourth-order valence-corrected chi connectivity index (χ4v) is 2.03. The van der Waals surface area contributed by atoms with Gasteiger partial charge in [-0.05, 0) is 30.3 Å². The number of nitrogen functional groups attached to an aromatic ring is 1. The predicted octanol–water partition coefficient (Wildman–Crippen LogP) is 3.04. The van der Waals surface area contributed by atoms with Gasteiger partial charge in [-0.1, -0.05) is 16.8 Å². The number of ether oxygens (including phenoxy) is 1. The highest BCUT2D eigenvalue weighted by Gasteiger charge is 2.16. The van der Waals surface area contributed by atoms with Crippen molar-refractivity contribution in [2.75, 3.05) is 12.8 Å². The number of hydrogen-bond donors (Lipinski definition) is 1. The Hall–Kier alpha value is -2.60. The fraction of sp³-hybridized carbons (Fsp3) is 0.0714. The third-order valence-corrected chi connectivity index (χ3v) is 3.19. The molecule has 6 nitrogen and oxygen atoms in total. The number of methoxy groups -OCH3 is 1. The molecule has 21 heavy (non-hydrogen) atoms. The van der Waals surface area contributed by atoms with Crippen LogP contribution < -0.4 is 10.5 Å². The molecule has 106 valence electrons. The van der Waals surface area contributed by atoms with Crippen molar-refractivity contribution in [3.8, 4) is 28.7 Å². The first-order chi connectivity index (χ1) is 10.2. The number of hydrogen-bond acceptors (Lipinski definition) is 6. The number of anilines is 1. The number of nitrogens with two attached hydrogens (primary N) is 1. The quantitative estimate of drug-likeness (QED) is 0.748. The molecule has 3 rings (SSSR count). The first-order valence-corrected chi connectivity index (χ1v) is 6.45. The van der Waals surface area contributed by atoms with E-state index in [1.807, 2.05) is 0 Å². The van der Waals surface area contributed by atoms with Crippen molar-refractivity contribution < 1.29 is 9.26 Å². The van der Waals surface area contributed by atoms with E-state index in [0.29, 0.717) is 33.5 Å². The second-order valence-electron chi connectivity index (χ2n) is 4.21. The Labute approximate surface area is 125 Å². The maximum Gasteiger partial charge on any atom is 0.260 e. The van der Waals surface area contributed by atoms with Gasteiger partial charge in [-0.25, -0.2) is 0 Å². The summed E-state index contributed by atoms with van der Waals surface area (Å²) in [6, 6.07) is 8.64. The summed E-state index contributed by atoms with van der Waals surface area (Å²) in [5.74, 6) is 1.23. The third kappa shape index (κ3) is 2.53. The van der Waals surface area contributed by atoms with Crippen LogP contribution >= 0.6 is 11.6 Å². The normalized spacial score (nSPS) is 10.6. The van der Waals surface area contributed by atoms with E-state index in [-0.39, 0.29) is 5.89 Å². The smallest absolute Gasteiger partial charge is 0.260 e. The summed E-state index contributed by atoms with van der Waals surface area (Å²) in [6.07, 6.45) is 1.61. The monoisotopic (exact) mass is 302 g/mol. The van der Waals surface area contributed by atoms with Crippen LogP contribution in [0, 0.1) is 0 Å². The van der Waals surface area contributed by atoms with E-state index in [1.54, 1.807) is 43.6 Å². The lowest BCUT2D eigenvalue weighted by molar-refractivity contribution is 0.413. The van der Waals surface area contributed by atoms with E-state index in [2.05, 4.69) is 15.1 Å². The topological polar surface area (TPSA) is 87.1 Å². The van der Waals surface area contributed by atoms with Crippen LogP contribution in [0.2, 0.25) is 5.02 Å². The van der Waals surface area contributed by atoms with E-state index in [0.717, 1.165) is 0 Å². The van der Waals surface area contributed by atoms with Gasteiger partial charge in [0.2, 0.25) is 5.82 Å². The van der Waals surface area contributed by atoms with E-state index in [9.17, 15) is 0 Å². The van der Waals surface area contributed by atoms with Gasteiger partial charge in [-0.15, -0.1) is 0 Å². The standard InChI is InChI=1S/C14H11ClN4O2/c1-20-8-4-5-11(16)9(7-8)14-18-13(19-21-14)12-10(15)3-2-6-17-12/h2-7H,16H2,1H3. The number of pyridine rings is 1. The molecule has 0 atom stereocenters. The van der Waals surface area contributed by atoms with Crippen molar-refractivity contribution in [3.63, 3.8) is 0 Å². The molecule has 0 aliphatic heterocycles. The second kappa shape index (κ2) is 5.41.